The number of likely N-dealkylation sites (tertiary alicyclic amines) is 1. The molecule has 2 rings (SSSR count). The van der Waals surface area contributed by atoms with Gasteiger partial charge in [0.2, 0.25) is 0 Å². The van der Waals surface area contributed by atoms with Gasteiger partial charge in [-0.15, -0.1) is 0 Å². The second-order valence-corrected chi connectivity index (χ2v) is 5.60. The normalized spacial score (nSPS) is 16.9. The molecule has 1 aliphatic rings. The zero-order chi connectivity index (χ0) is 14.5. The van der Waals surface area contributed by atoms with Crippen LogP contribution in [-0.2, 0) is 4.79 Å². The number of carbonyl (C=O) groups is 1. The third kappa shape index (κ3) is 3.33. The molecule has 0 spiro atoms. The molecule has 0 aromatic heterocycles. The molecule has 0 unspecified atom stereocenters. The Morgan fingerprint density at radius 2 is 1.95 bits per heavy atom. The lowest BCUT2D eigenvalue weighted by Gasteiger charge is -2.30. The molecule has 1 heterocycles. The Morgan fingerprint density at radius 3 is 2.60 bits per heavy atom. The molecule has 0 saturated carbocycles. The fraction of sp³-hybridized carbons (Fsp3) is 0.588. The summed E-state index contributed by atoms with van der Waals surface area (Å²) in [5.74, 6) is 0.982. The Balaban J connectivity index is 2.08. The predicted octanol–water partition coefficient (Wildman–Crippen LogP) is 3.47. The van der Waals surface area contributed by atoms with Crippen molar-refractivity contribution in [1.29, 1.82) is 0 Å². The van der Waals surface area contributed by atoms with E-state index in [0.717, 1.165) is 37.2 Å². The van der Waals surface area contributed by atoms with E-state index in [4.69, 9.17) is 4.74 Å². The van der Waals surface area contributed by atoms with Crippen molar-refractivity contribution in [3.63, 3.8) is 0 Å². The van der Waals surface area contributed by atoms with E-state index in [1.165, 1.54) is 12.0 Å². The Kier molecular flexibility index (Phi) is 5.05. The van der Waals surface area contributed by atoms with Crippen LogP contribution in [0.25, 0.3) is 0 Å². The van der Waals surface area contributed by atoms with Crippen LogP contribution in [-0.4, -0.2) is 30.0 Å². The van der Waals surface area contributed by atoms with Gasteiger partial charge in [-0.2, -0.15) is 0 Å². The van der Waals surface area contributed by atoms with Crippen molar-refractivity contribution in [3.05, 3.63) is 29.3 Å². The highest BCUT2D eigenvalue weighted by Crippen LogP contribution is 2.23. The van der Waals surface area contributed by atoms with Gasteiger partial charge in [-0.25, -0.2) is 0 Å². The molecule has 1 saturated heterocycles. The van der Waals surface area contributed by atoms with Crippen LogP contribution >= 0.6 is 0 Å². The van der Waals surface area contributed by atoms with Gasteiger partial charge in [-0.1, -0.05) is 19.1 Å². The zero-order valence-corrected chi connectivity index (χ0v) is 12.8. The molecule has 1 atom stereocenters. The van der Waals surface area contributed by atoms with Gasteiger partial charge < -0.3 is 9.64 Å². The van der Waals surface area contributed by atoms with Crippen molar-refractivity contribution in [2.45, 2.75) is 52.6 Å². The molecule has 1 aliphatic heterocycles. The predicted molar refractivity (Wildman–Crippen MR) is 81.1 cm³/mol. The molecule has 1 amide bonds. The Morgan fingerprint density at radius 1 is 1.25 bits per heavy atom. The molecule has 0 aliphatic carbocycles. The van der Waals surface area contributed by atoms with Gasteiger partial charge in [0.1, 0.15) is 5.75 Å². The monoisotopic (exact) mass is 275 g/mol. The summed E-state index contributed by atoms with van der Waals surface area (Å²) in [4.78, 5) is 14.5. The number of hydrogen-bond acceptors (Lipinski definition) is 2. The van der Waals surface area contributed by atoms with Gasteiger partial charge in [-0.05, 0) is 56.7 Å². The molecule has 1 aromatic carbocycles. The third-order valence-corrected chi connectivity index (χ3v) is 4.14. The first kappa shape index (κ1) is 14.9. The number of piperidine rings is 1. The largest absolute Gasteiger partial charge is 0.480 e. The van der Waals surface area contributed by atoms with Crippen molar-refractivity contribution in [1.82, 2.24) is 4.90 Å². The van der Waals surface area contributed by atoms with E-state index >= 15 is 0 Å². The standard InChI is InChI=1S/C17H25NO2/c1-4-15(17(19)18-11-6-5-7-12-18)20-16-10-8-9-13(2)14(16)3/h8-10,15H,4-7,11-12H2,1-3H3/t15-/m1/s1. The minimum Gasteiger partial charge on any atom is -0.480 e. The number of benzene rings is 1. The van der Waals surface area contributed by atoms with Crippen molar-refractivity contribution >= 4 is 5.91 Å². The van der Waals surface area contributed by atoms with Crippen LogP contribution in [0.5, 0.6) is 5.75 Å². The molecule has 1 fully saturated rings. The number of nitrogens with zero attached hydrogens (tertiary/aromatic N) is 1. The number of carbonyl (C=O) groups excluding carboxylic acids is 1. The van der Waals surface area contributed by atoms with Crippen LogP contribution in [0.4, 0.5) is 0 Å². The van der Waals surface area contributed by atoms with Gasteiger partial charge in [0.25, 0.3) is 5.91 Å². The quantitative estimate of drug-likeness (QED) is 0.842. The lowest BCUT2D eigenvalue weighted by Crippen LogP contribution is -2.44. The minimum absolute atomic E-state index is 0.146. The van der Waals surface area contributed by atoms with Crippen molar-refractivity contribution in [3.8, 4) is 5.75 Å². The summed E-state index contributed by atoms with van der Waals surface area (Å²) in [6, 6.07) is 6.00. The topological polar surface area (TPSA) is 29.5 Å². The molecule has 0 radical (unpaired) electrons. The number of ether oxygens (including phenoxy) is 1. The molecule has 20 heavy (non-hydrogen) atoms. The number of rotatable bonds is 4. The highest BCUT2D eigenvalue weighted by atomic mass is 16.5. The number of hydrogen-bond donors (Lipinski definition) is 0. The van der Waals surface area contributed by atoms with Crippen LogP contribution in [0.1, 0.15) is 43.7 Å². The van der Waals surface area contributed by atoms with Crippen molar-refractivity contribution in [2.75, 3.05) is 13.1 Å². The summed E-state index contributed by atoms with van der Waals surface area (Å²) in [5.41, 5.74) is 2.32. The van der Waals surface area contributed by atoms with E-state index in [1.54, 1.807) is 0 Å². The molecule has 0 bridgehead atoms. The van der Waals surface area contributed by atoms with Crippen LogP contribution in [0.2, 0.25) is 0 Å². The van der Waals surface area contributed by atoms with Crippen molar-refractivity contribution < 1.29 is 9.53 Å². The minimum atomic E-state index is -0.353. The van der Waals surface area contributed by atoms with Crippen LogP contribution < -0.4 is 4.74 Å². The van der Waals surface area contributed by atoms with E-state index < -0.39 is 0 Å². The van der Waals surface area contributed by atoms with Crippen LogP contribution in [0.15, 0.2) is 18.2 Å². The summed E-state index contributed by atoms with van der Waals surface area (Å²) >= 11 is 0. The first-order chi connectivity index (χ1) is 9.63. The average molecular weight is 275 g/mol. The first-order valence-corrected chi connectivity index (χ1v) is 7.65. The van der Waals surface area contributed by atoms with Crippen molar-refractivity contribution in [2.24, 2.45) is 0 Å². The Bertz CT molecular complexity index is 464. The highest BCUT2D eigenvalue weighted by molar-refractivity contribution is 5.81. The van der Waals surface area contributed by atoms with Gasteiger partial charge >= 0.3 is 0 Å². The fourth-order valence-corrected chi connectivity index (χ4v) is 2.63. The molecular weight excluding hydrogens is 250 g/mol. The lowest BCUT2D eigenvalue weighted by atomic mass is 10.1. The molecule has 1 aromatic rings. The summed E-state index contributed by atoms with van der Waals surface area (Å²) in [7, 11) is 0. The molecular formula is C17H25NO2. The number of amides is 1. The SMILES string of the molecule is CC[C@@H](Oc1cccc(C)c1C)C(=O)N1CCCCC1. The van der Waals surface area contributed by atoms with Gasteiger partial charge in [0.15, 0.2) is 6.10 Å². The maximum atomic E-state index is 12.5. The second-order valence-electron chi connectivity index (χ2n) is 5.60. The fourth-order valence-electron chi connectivity index (χ4n) is 2.63. The smallest absolute Gasteiger partial charge is 0.263 e. The van der Waals surface area contributed by atoms with E-state index in [9.17, 15) is 4.79 Å². The molecule has 3 heteroatoms. The summed E-state index contributed by atoms with van der Waals surface area (Å²) < 4.78 is 6.00. The van der Waals surface area contributed by atoms with E-state index in [-0.39, 0.29) is 12.0 Å². The Labute approximate surface area is 121 Å². The first-order valence-electron chi connectivity index (χ1n) is 7.65. The van der Waals surface area contributed by atoms with E-state index in [0.29, 0.717) is 6.42 Å². The lowest BCUT2D eigenvalue weighted by molar-refractivity contribution is -0.139. The molecule has 0 N–H and O–H groups in total. The van der Waals surface area contributed by atoms with Crippen LogP contribution in [0, 0.1) is 13.8 Å². The summed E-state index contributed by atoms with van der Waals surface area (Å²) in [5, 5.41) is 0. The summed E-state index contributed by atoms with van der Waals surface area (Å²) in [6.45, 7) is 7.88. The molecule has 3 nitrogen and oxygen atoms in total. The van der Waals surface area contributed by atoms with Gasteiger partial charge in [-0.3, -0.25) is 4.79 Å². The summed E-state index contributed by atoms with van der Waals surface area (Å²) in [6.07, 6.45) is 3.83. The molecule has 110 valence electrons. The highest BCUT2D eigenvalue weighted by Gasteiger charge is 2.26. The van der Waals surface area contributed by atoms with Gasteiger partial charge in [0.05, 0.1) is 0 Å². The maximum absolute atomic E-state index is 12.5. The second kappa shape index (κ2) is 6.78. The van der Waals surface area contributed by atoms with Gasteiger partial charge in [0, 0.05) is 13.1 Å². The average Bonchev–Trinajstić information content (AvgIpc) is 2.49. The van der Waals surface area contributed by atoms with Crippen LogP contribution in [0.3, 0.4) is 0 Å². The maximum Gasteiger partial charge on any atom is 0.263 e. The third-order valence-electron chi connectivity index (χ3n) is 4.14. The van der Waals surface area contributed by atoms with E-state index in [1.807, 2.05) is 30.9 Å². The zero-order valence-electron chi connectivity index (χ0n) is 12.8. The Hall–Kier alpha value is -1.51. The number of aryl methyl sites for hydroxylation is 1. The van der Waals surface area contributed by atoms with E-state index in [2.05, 4.69) is 13.0 Å².